The van der Waals surface area contributed by atoms with Gasteiger partial charge in [0.05, 0.1) is 12.1 Å². The molecule has 1 rings (SSSR count). The number of amides is 1. The standard InChI is InChI=1S/C13H23N3OS/c1-8(2)11(14)13(17)16(9(3)4)10(5)12-15-6-7-18-12/h6-11H,14H2,1-5H3/t10-,11-/m0/s1. The van der Waals surface area contributed by atoms with E-state index < -0.39 is 6.04 Å². The summed E-state index contributed by atoms with van der Waals surface area (Å²) in [6.07, 6.45) is 1.77. The summed E-state index contributed by atoms with van der Waals surface area (Å²) in [7, 11) is 0. The number of thiazole rings is 1. The molecule has 5 heteroatoms. The van der Waals surface area contributed by atoms with E-state index in [0.29, 0.717) is 0 Å². The van der Waals surface area contributed by atoms with Crippen molar-refractivity contribution in [1.82, 2.24) is 9.88 Å². The Morgan fingerprint density at radius 3 is 2.33 bits per heavy atom. The fourth-order valence-electron chi connectivity index (χ4n) is 1.91. The molecule has 0 aliphatic carbocycles. The molecule has 0 unspecified atom stereocenters. The third kappa shape index (κ3) is 3.29. The van der Waals surface area contributed by atoms with Crippen LogP contribution < -0.4 is 5.73 Å². The van der Waals surface area contributed by atoms with Gasteiger partial charge in [-0.2, -0.15) is 0 Å². The Hall–Kier alpha value is -0.940. The largest absolute Gasteiger partial charge is 0.330 e. The van der Waals surface area contributed by atoms with Crippen LogP contribution in [0.2, 0.25) is 0 Å². The number of nitrogens with two attached hydrogens (primary N) is 1. The van der Waals surface area contributed by atoms with Crippen LogP contribution in [0.4, 0.5) is 0 Å². The molecule has 1 aromatic rings. The molecule has 2 atom stereocenters. The predicted molar refractivity (Wildman–Crippen MR) is 75.3 cm³/mol. The zero-order valence-corrected chi connectivity index (χ0v) is 12.6. The Balaban J connectivity index is 2.93. The number of hydrogen-bond acceptors (Lipinski definition) is 4. The van der Waals surface area contributed by atoms with Gasteiger partial charge < -0.3 is 10.6 Å². The monoisotopic (exact) mass is 269 g/mol. The molecular weight excluding hydrogens is 246 g/mol. The van der Waals surface area contributed by atoms with Crippen molar-refractivity contribution in [1.29, 1.82) is 0 Å². The van der Waals surface area contributed by atoms with Crippen LogP contribution in [-0.4, -0.2) is 27.9 Å². The van der Waals surface area contributed by atoms with Crippen LogP contribution in [0, 0.1) is 5.92 Å². The second kappa shape index (κ2) is 6.29. The molecule has 0 fully saturated rings. The van der Waals surface area contributed by atoms with Crippen molar-refractivity contribution in [3.63, 3.8) is 0 Å². The number of nitrogens with zero attached hydrogens (tertiary/aromatic N) is 2. The molecule has 0 aliphatic rings. The maximum absolute atomic E-state index is 12.4. The minimum atomic E-state index is -0.449. The van der Waals surface area contributed by atoms with E-state index in [1.54, 1.807) is 17.5 Å². The van der Waals surface area contributed by atoms with Gasteiger partial charge in [-0.1, -0.05) is 13.8 Å². The lowest BCUT2D eigenvalue weighted by molar-refractivity contribution is -0.137. The van der Waals surface area contributed by atoms with Gasteiger partial charge in [0.2, 0.25) is 5.91 Å². The normalized spacial score (nSPS) is 14.9. The van der Waals surface area contributed by atoms with Crippen LogP contribution in [-0.2, 0) is 4.79 Å². The molecule has 0 saturated carbocycles. The highest BCUT2D eigenvalue weighted by Crippen LogP contribution is 2.25. The Morgan fingerprint density at radius 1 is 1.33 bits per heavy atom. The smallest absolute Gasteiger partial charge is 0.240 e. The lowest BCUT2D eigenvalue weighted by Crippen LogP contribution is -2.50. The molecular formula is C13H23N3OS. The highest BCUT2D eigenvalue weighted by Gasteiger charge is 2.30. The summed E-state index contributed by atoms with van der Waals surface area (Å²) in [6.45, 7) is 9.96. The van der Waals surface area contributed by atoms with Crippen molar-refractivity contribution in [3.05, 3.63) is 16.6 Å². The predicted octanol–water partition coefficient (Wildman–Crippen LogP) is 2.42. The first-order valence-corrected chi connectivity index (χ1v) is 7.21. The molecule has 0 saturated heterocycles. The molecule has 0 aliphatic heterocycles. The van der Waals surface area contributed by atoms with Crippen molar-refractivity contribution >= 4 is 17.2 Å². The van der Waals surface area contributed by atoms with Crippen molar-refractivity contribution in [2.24, 2.45) is 11.7 Å². The van der Waals surface area contributed by atoms with Crippen LogP contribution in [0.25, 0.3) is 0 Å². The minimum absolute atomic E-state index is 0.00250. The molecule has 0 bridgehead atoms. The lowest BCUT2D eigenvalue weighted by Gasteiger charge is -2.34. The van der Waals surface area contributed by atoms with Gasteiger partial charge in [-0.3, -0.25) is 4.79 Å². The summed E-state index contributed by atoms with van der Waals surface area (Å²) in [6, 6.07) is -0.363. The average molecular weight is 269 g/mol. The van der Waals surface area contributed by atoms with Crippen LogP contribution >= 0.6 is 11.3 Å². The van der Waals surface area contributed by atoms with Gasteiger partial charge in [0.25, 0.3) is 0 Å². The van der Waals surface area contributed by atoms with E-state index in [-0.39, 0.29) is 23.9 Å². The van der Waals surface area contributed by atoms with Crippen molar-refractivity contribution in [2.75, 3.05) is 0 Å². The zero-order chi connectivity index (χ0) is 13.9. The molecule has 2 N–H and O–H groups in total. The fourth-order valence-corrected chi connectivity index (χ4v) is 2.60. The third-order valence-electron chi connectivity index (χ3n) is 3.04. The molecule has 18 heavy (non-hydrogen) atoms. The molecule has 0 radical (unpaired) electrons. The SMILES string of the molecule is CC(C)[C@H](N)C(=O)N(C(C)C)[C@@H](C)c1nccs1. The quantitative estimate of drug-likeness (QED) is 0.893. The van der Waals surface area contributed by atoms with Gasteiger partial charge in [-0.25, -0.2) is 4.98 Å². The summed E-state index contributed by atoms with van der Waals surface area (Å²) >= 11 is 1.57. The van der Waals surface area contributed by atoms with E-state index in [1.165, 1.54) is 0 Å². The van der Waals surface area contributed by atoms with Crippen molar-refractivity contribution < 1.29 is 4.79 Å². The molecule has 4 nitrogen and oxygen atoms in total. The number of carbonyl (C=O) groups excluding carboxylic acids is 1. The van der Waals surface area contributed by atoms with Crippen LogP contribution in [0.1, 0.15) is 45.7 Å². The van der Waals surface area contributed by atoms with Crippen LogP contribution in [0.5, 0.6) is 0 Å². The molecule has 0 aromatic carbocycles. The van der Waals surface area contributed by atoms with Crippen LogP contribution in [0.3, 0.4) is 0 Å². The van der Waals surface area contributed by atoms with Gasteiger partial charge >= 0.3 is 0 Å². The average Bonchev–Trinajstić information content (AvgIpc) is 2.80. The van der Waals surface area contributed by atoms with E-state index in [1.807, 2.05) is 44.9 Å². The second-order valence-corrected chi connectivity index (χ2v) is 6.08. The van der Waals surface area contributed by atoms with Crippen LogP contribution in [0.15, 0.2) is 11.6 Å². The molecule has 0 spiro atoms. The minimum Gasteiger partial charge on any atom is -0.330 e. The lowest BCUT2D eigenvalue weighted by atomic mass is 10.0. The summed E-state index contributed by atoms with van der Waals surface area (Å²) in [4.78, 5) is 18.6. The Morgan fingerprint density at radius 2 is 1.94 bits per heavy atom. The van der Waals surface area contributed by atoms with Crippen molar-refractivity contribution in [2.45, 2.75) is 52.7 Å². The maximum Gasteiger partial charge on any atom is 0.240 e. The highest BCUT2D eigenvalue weighted by molar-refractivity contribution is 7.09. The van der Waals surface area contributed by atoms with E-state index in [9.17, 15) is 4.79 Å². The molecule has 1 aromatic heterocycles. The summed E-state index contributed by atoms with van der Waals surface area (Å²) in [5, 5.41) is 2.88. The third-order valence-corrected chi connectivity index (χ3v) is 3.99. The van der Waals surface area contributed by atoms with Crippen molar-refractivity contribution in [3.8, 4) is 0 Å². The van der Waals surface area contributed by atoms with E-state index in [2.05, 4.69) is 4.98 Å². The number of hydrogen-bond donors (Lipinski definition) is 1. The first kappa shape index (κ1) is 15.1. The Labute approximate surface area is 113 Å². The maximum atomic E-state index is 12.4. The first-order chi connectivity index (χ1) is 8.36. The second-order valence-electron chi connectivity index (χ2n) is 5.16. The summed E-state index contributed by atoms with van der Waals surface area (Å²) in [5.41, 5.74) is 5.98. The summed E-state index contributed by atoms with van der Waals surface area (Å²) < 4.78 is 0. The first-order valence-electron chi connectivity index (χ1n) is 6.33. The van der Waals surface area contributed by atoms with Gasteiger partial charge in [-0.05, 0) is 26.7 Å². The van der Waals surface area contributed by atoms with Gasteiger partial charge in [-0.15, -0.1) is 11.3 Å². The van der Waals surface area contributed by atoms with E-state index >= 15 is 0 Å². The van der Waals surface area contributed by atoms with Gasteiger partial charge in [0.15, 0.2) is 0 Å². The Bertz CT molecular complexity index is 376. The highest BCUT2D eigenvalue weighted by atomic mass is 32.1. The fraction of sp³-hybridized carbons (Fsp3) is 0.692. The topological polar surface area (TPSA) is 59.2 Å². The number of carbonyl (C=O) groups is 1. The van der Waals surface area contributed by atoms with E-state index in [4.69, 9.17) is 5.73 Å². The molecule has 102 valence electrons. The number of rotatable bonds is 5. The Kier molecular flexibility index (Phi) is 5.28. The molecule has 1 amide bonds. The van der Waals surface area contributed by atoms with Gasteiger partial charge in [0.1, 0.15) is 5.01 Å². The molecule has 1 heterocycles. The van der Waals surface area contributed by atoms with Gasteiger partial charge in [0, 0.05) is 17.6 Å². The van der Waals surface area contributed by atoms with E-state index in [0.717, 1.165) is 5.01 Å². The zero-order valence-electron chi connectivity index (χ0n) is 11.8. The summed E-state index contributed by atoms with van der Waals surface area (Å²) in [5.74, 6) is 0.143. The number of aromatic nitrogens is 1.